The minimum Gasteiger partial charge on any atom is -0.459 e. The van der Waals surface area contributed by atoms with Crippen LogP contribution in [0.4, 0.5) is 6.01 Å². The Kier molecular flexibility index (Phi) is 4.90. The Morgan fingerprint density at radius 2 is 1.88 bits per heavy atom. The highest BCUT2D eigenvalue weighted by atomic mass is 32.2. The summed E-state index contributed by atoms with van der Waals surface area (Å²) < 4.78 is 34.6. The topological polar surface area (TPSA) is 115 Å². The number of carbonyl (C=O) groups is 1. The lowest BCUT2D eigenvalue weighted by atomic mass is 10.1. The molecule has 0 saturated carbocycles. The third kappa shape index (κ3) is 3.83. The standard InChI is InChI=1S/C17H17N3O5S/c1-11(2)26(22,23)13-7-5-12(6-8-13)10-15-19-20-17(25-15)18-16(21)14-4-3-9-24-14/h3-9,11H,10H2,1-2H3,(H,18,20,21). The molecule has 1 N–H and O–H groups in total. The minimum atomic E-state index is -3.31. The maximum atomic E-state index is 12.1. The molecular formula is C17H17N3O5S. The van der Waals surface area contributed by atoms with Crippen LogP contribution in [-0.2, 0) is 16.3 Å². The number of nitrogens with zero attached hydrogens (tertiary/aromatic N) is 2. The zero-order valence-corrected chi connectivity index (χ0v) is 15.0. The van der Waals surface area contributed by atoms with E-state index < -0.39 is 21.0 Å². The first kappa shape index (κ1) is 17.9. The number of sulfone groups is 1. The van der Waals surface area contributed by atoms with E-state index in [-0.39, 0.29) is 16.7 Å². The van der Waals surface area contributed by atoms with Crippen LogP contribution >= 0.6 is 0 Å². The summed E-state index contributed by atoms with van der Waals surface area (Å²) in [5, 5.41) is 9.58. The number of amides is 1. The molecule has 0 aliphatic carbocycles. The van der Waals surface area contributed by atoms with Gasteiger partial charge in [-0.3, -0.25) is 10.1 Å². The van der Waals surface area contributed by atoms with Crippen LogP contribution < -0.4 is 5.32 Å². The van der Waals surface area contributed by atoms with Crippen LogP contribution in [0.25, 0.3) is 0 Å². The molecule has 3 rings (SSSR count). The predicted molar refractivity (Wildman–Crippen MR) is 92.5 cm³/mol. The number of hydrogen-bond donors (Lipinski definition) is 1. The van der Waals surface area contributed by atoms with E-state index in [1.165, 1.54) is 12.3 Å². The summed E-state index contributed by atoms with van der Waals surface area (Å²) in [5.74, 6) is -0.0700. The average molecular weight is 375 g/mol. The largest absolute Gasteiger partial charge is 0.459 e. The van der Waals surface area contributed by atoms with Crippen LogP contribution in [0, 0.1) is 0 Å². The lowest BCUT2D eigenvalue weighted by Crippen LogP contribution is -2.13. The van der Waals surface area contributed by atoms with E-state index in [0.29, 0.717) is 12.3 Å². The van der Waals surface area contributed by atoms with E-state index in [1.54, 1.807) is 44.2 Å². The molecule has 1 aromatic carbocycles. The number of anilines is 1. The first-order valence-electron chi connectivity index (χ1n) is 7.86. The molecule has 3 aromatic rings. The van der Waals surface area contributed by atoms with Crippen LogP contribution in [-0.4, -0.2) is 29.8 Å². The molecule has 0 radical (unpaired) electrons. The molecule has 1 amide bonds. The molecule has 8 nitrogen and oxygen atoms in total. The highest BCUT2D eigenvalue weighted by molar-refractivity contribution is 7.92. The zero-order chi connectivity index (χ0) is 18.7. The van der Waals surface area contributed by atoms with Gasteiger partial charge >= 0.3 is 6.01 Å². The van der Waals surface area contributed by atoms with Crippen molar-refractivity contribution in [2.75, 3.05) is 5.32 Å². The molecule has 136 valence electrons. The smallest absolute Gasteiger partial charge is 0.322 e. The fourth-order valence-electron chi connectivity index (χ4n) is 2.19. The highest BCUT2D eigenvalue weighted by Gasteiger charge is 2.19. The summed E-state index contributed by atoms with van der Waals surface area (Å²) >= 11 is 0. The lowest BCUT2D eigenvalue weighted by molar-refractivity contribution is 0.0993. The molecule has 0 bridgehead atoms. The summed E-state index contributed by atoms with van der Waals surface area (Å²) in [4.78, 5) is 12.1. The van der Waals surface area contributed by atoms with Gasteiger partial charge in [-0.15, -0.1) is 5.10 Å². The number of furan rings is 1. The summed E-state index contributed by atoms with van der Waals surface area (Å²) in [6.45, 7) is 3.28. The number of carbonyl (C=O) groups excluding carboxylic acids is 1. The first-order valence-corrected chi connectivity index (χ1v) is 9.41. The molecule has 0 fully saturated rings. The molecule has 0 unspecified atom stereocenters. The van der Waals surface area contributed by atoms with Crippen LogP contribution in [0.1, 0.15) is 35.9 Å². The van der Waals surface area contributed by atoms with Gasteiger partial charge in [0.25, 0.3) is 5.91 Å². The molecule has 2 heterocycles. The molecule has 0 aliphatic rings. The summed E-state index contributed by atoms with van der Waals surface area (Å²) in [7, 11) is -3.31. The number of nitrogens with one attached hydrogen (secondary N) is 1. The van der Waals surface area contributed by atoms with Gasteiger partial charge in [-0.1, -0.05) is 17.2 Å². The van der Waals surface area contributed by atoms with Crippen LogP contribution in [0.3, 0.4) is 0 Å². The van der Waals surface area contributed by atoms with Crippen molar-refractivity contribution >= 4 is 21.8 Å². The second-order valence-corrected chi connectivity index (χ2v) is 8.35. The molecule has 0 aliphatic heterocycles. The van der Waals surface area contributed by atoms with Crippen molar-refractivity contribution in [3.8, 4) is 0 Å². The van der Waals surface area contributed by atoms with Gasteiger partial charge in [-0.05, 0) is 43.7 Å². The van der Waals surface area contributed by atoms with Gasteiger partial charge in [0.1, 0.15) is 0 Å². The Bertz CT molecular complexity index is 989. The third-order valence-electron chi connectivity index (χ3n) is 3.66. The maximum absolute atomic E-state index is 12.1. The van der Waals surface area contributed by atoms with Crippen molar-refractivity contribution < 1.29 is 22.0 Å². The average Bonchev–Trinajstić information content (AvgIpc) is 3.27. The van der Waals surface area contributed by atoms with Crippen molar-refractivity contribution in [1.82, 2.24) is 10.2 Å². The zero-order valence-electron chi connectivity index (χ0n) is 14.2. The fourth-order valence-corrected chi connectivity index (χ4v) is 3.25. The molecule has 9 heteroatoms. The van der Waals surface area contributed by atoms with Crippen molar-refractivity contribution in [3.05, 3.63) is 59.9 Å². The van der Waals surface area contributed by atoms with Crippen LogP contribution in [0.15, 0.2) is 56.4 Å². The van der Waals surface area contributed by atoms with Gasteiger partial charge in [-0.25, -0.2) is 8.42 Å². The van der Waals surface area contributed by atoms with Crippen LogP contribution in [0.5, 0.6) is 0 Å². The molecule has 0 saturated heterocycles. The van der Waals surface area contributed by atoms with E-state index in [1.807, 2.05) is 0 Å². The Morgan fingerprint density at radius 1 is 1.15 bits per heavy atom. The summed E-state index contributed by atoms with van der Waals surface area (Å²) in [5.41, 5.74) is 0.806. The second kappa shape index (κ2) is 7.12. The van der Waals surface area contributed by atoms with Crippen molar-refractivity contribution in [2.45, 2.75) is 30.4 Å². The van der Waals surface area contributed by atoms with Gasteiger partial charge in [0.2, 0.25) is 5.89 Å². The van der Waals surface area contributed by atoms with E-state index in [9.17, 15) is 13.2 Å². The Balaban J connectivity index is 1.67. The summed E-state index contributed by atoms with van der Waals surface area (Å²) in [6, 6.07) is 9.57. The molecule has 2 aromatic heterocycles. The minimum absolute atomic E-state index is 0.0413. The fraction of sp³-hybridized carbons (Fsp3) is 0.235. The maximum Gasteiger partial charge on any atom is 0.322 e. The normalized spacial score (nSPS) is 11.7. The monoisotopic (exact) mass is 375 g/mol. The van der Waals surface area contributed by atoms with Crippen LogP contribution in [0.2, 0.25) is 0 Å². The molecule has 26 heavy (non-hydrogen) atoms. The van der Waals surface area contributed by atoms with Crippen molar-refractivity contribution in [2.24, 2.45) is 0 Å². The Hall–Kier alpha value is -2.94. The van der Waals surface area contributed by atoms with E-state index in [2.05, 4.69) is 15.5 Å². The van der Waals surface area contributed by atoms with Gasteiger partial charge in [0.05, 0.1) is 22.8 Å². The Morgan fingerprint density at radius 3 is 2.50 bits per heavy atom. The SMILES string of the molecule is CC(C)S(=O)(=O)c1ccc(Cc2nnc(NC(=O)c3ccco3)o2)cc1. The van der Waals surface area contributed by atoms with Crippen molar-refractivity contribution in [3.63, 3.8) is 0 Å². The van der Waals surface area contributed by atoms with E-state index >= 15 is 0 Å². The Labute approximate surface area is 150 Å². The lowest BCUT2D eigenvalue weighted by Gasteiger charge is -2.08. The first-order chi connectivity index (χ1) is 12.4. The van der Waals surface area contributed by atoms with Crippen molar-refractivity contribution in [1.29, 1.82) is 0 Å². The number of hydrogen-bond acceptors (Lipinski definition) is 7. The molecule has 0 atom stereocenters. The van der Waals surface area contributed by atoms with Gasteiger partial charge in [0.15, 0.2) is 15.6 Å². The predicted octanol–water partition coefficient (Wildman–Crippen LogP) is 2.69. The van der Waals surface area contributed by atoms with Gasteiger partial charge in [-0.2, -0.15) is 0 Å². The van der Waals surface area contributed by atoms with E-state index in [4.69, 9.17) is 8.83 Å². The highest BCUT2D eigenvalue weighted by Crippen LogP contribution is 2.18. The number of benzene rings is 1. The number of rotatable bonds is 6. The van der Waals surface area contributed by atoms with Gasteiger partial charge in [0, 0.05) is 0 Å². The van der Waals surface area contributed by atoms with Gasteiger partial charge < -0.3 is 8.83 Å². The molecule has 0 spiro atoms. The summed E-state index contributed by atoms with van der Waals surface area (Å²) in [6.07, 6.45) is 1.70. The number of aromatic nitrogens is 2. The van der Waals surface area contributed by atoms with E-state index in [0.717, 1.165) is 5.56 Å². The molecular weight excluding hydrogens is 358 g/mol. The third-order valence-corrected chi connectivity index (χ3v) is 5.83. The second-order valence-electron chi connectivity index (χ2n) is 5.85. The quantitative estimate of drug-likeness (QED) is 0.704.